The Hall–Kier alpha value is -0.900. The lowest BCUT2D eigenvalue weighted by atomic mass is 9.97. The van der Waals surface area contributed by atoms with Crippen LogP contribution in [0, 0.1) is 5.92 Å². The molecule has 1 aliphatic rings. The highest BCUT2D eigenvalue weighted by molar-refractivity contribution is 5.97. The fourth-order valence-corrected chi connectivity index (χ4v) is 1.74. The van der Waals surface area contributed by atoms with Gasteiger partial charge in [-0.1, -0.05) is 6.92 Å². The van der Waals surface area contributed by atoms with Crippen LogP contribution in [0.1, 0.15) is 33.1 Å². The van der Waals surface area contributed by atoms with Gasteiger partial charge in [0, 0.05) is 25.4 Å². The maximum atomic E-state index is 11.6. The van der Waals surface area contributed by atoms with E-state index in [1.807, 2.05) is 20.9 Å². The van der Waals surface area contributed by atoms with Crippen molar-refractivity contribution in [3.8, 4) is 0 Å². The highest BCUT2D eigenvalue weighted by atomic mass is 16.2. The van der Waals surface area contributed by atoms with Crippen molar-refractivity contribution in [2.45, 2.75) is 39.2 Å². The molecule has 15 heavy (non-hydrogen) atoms. The van der Waals surface area contributed by atoms with Crippen molar-refractivity contribution in [2.24, 2.45) is 5.92 Å². The smallest absolute Gasteiger partial charge is 0.229 e. The summed E-state index contributed by atoms with van der Waals surface area (Å²) in [6.45, 7) is 4.54. The van der Waals surface area contributed by atoms with Crippen molar-refractivity contribution in [2.75, 3.05) is 13.6 Å². The fraction of sp³-hybridized carbons (Fsp3) is 0.818. The average Bonchev–Trinajstić information content (AvgIpc) is 2.15. The minimum Gasteiger partial charge on any atom is -0.317 e. The van der Waals surface area contributed by atoms with Gasteiger partial charge in [-0.25, -0.2) is 0 Å². The number of carbonyl (C=O) groups excluding carboxylic acids is 2. The van der Waals surface area contributed by atoms with E-state index in [0.29, 0.717) is 25.4 Å². The molecule has 1 fully saturated rings. The van der Waals surface area contributed by atoms with E-state index < -0.39 is 0 Å². The maximum Gasteiger partial charge on any atom is 0.229 e. The first-order valence-corrected chi connectivity index (χ1v) is 5.55. The van der Waals surface area contributed by atoms with Crippen LogP contribution in [0.2, 0.25) is 0 Å². The van der Waals surface area contributed by atoms with Crippen LogP contribution in [0.15, 0.2) is 0 Å². The lowest BCUT2D eigenvalue weighted by molar-refractivity contribution is -0.149. The molecule has 4 nitrogen and oxygen atoms in total. The van der Waals surface area contributed by atoms with E-state index in [4.69, 9.17) is 0 Å². The van der Waals surface area contributed by atoms with Crippen LogP contribution in [0.25, 0.3) is 0 Å². The first-order valence-electron chi connectivity index (χ1n) is 5.55. The zero-order valence-corrected chi connectivity index (χ0v) is 9.75. The summed E-state index contributed by atoms with van der Waals surface area (Å²) in [6.07, 6.45) is 1.85. The first-order chi connectivity index (χ1) is 7.04. The molecule has 1 unspecified atom stereocenters. The number of carbonyl (C=O) groups is 2. The molecular weight excluding hydrogens is 192 g/mol. The molecule has 1 rings (SSSR count). The average molecular weight is 212 g/mol. The second-order valence-electron chi connectivity index (χ2n) is 4.43. The molecule has 1 saturated heterocycles. The molecule has 0 aromatic heterocycles. The summed E-state index contributed by atoms with van der Waals surface area (Å²) < 4.78 is 0. The highest BCUT2D eigenvalue weighted by Gasteiger charge is 2.29. The molecule has 1 heterocycles. The minimum atomic E-state index is -0.0120. The highest BCUT2D eigenvalue weighted by Crippen LogP contribution is 2.18. The second kappa shape index (κ2) is 5.26. The number of hydrogen-bond acceptors (Lipinski definition) is 3. The number of nitrogens with one attached hydrogen (secondary N) is 1. The van der Waals surface area contributed by atoms with E-state index in [2.05, 4.69) is 5.32 Å². The van der Waals surface area contributed by atoms with Crippen molar-refractivity contribution in [1.82, 2.24) is 10.2 Å². The fourth-order valence-electron chi connectivity index (χ4n) is 1.74. The molecule has 2 amide bonds. The summed E-state index contributed by atoms with van der Waals surface area (Å²) in [6, 6.07) is 0.338. The minimum absolute atomic E-state index is 0.0120. The van der Waals surface area contributed by atoms with Gasteiger partial charge in [-0.3, -0.25) is 14.5 Å². The van der Waals surface area contributed by atoms with E-state index in [1.165, 1.54) is 4.90 Å². The van der Waals surface area contributed by atoms with Gasteiger partial charge in [0.2, 0.25) is 11.8 Å². The summed E-state index contributed by atoms with van der Waals surface area (Å²) >= 11 is 0. The molecule has 0 saturated carbocycles. The third-order valence-electron chi connectivity index (χ3n) is 2.93. The van der Waals surface area contributed by atoms with Crippen LogP contribution >= 0.6 is 0 Å². The Balaban J connectivity index is 2.46. The van der Waals surface area contributed by atoms with Gasteiger partial charge < -0.3 is 5.32 Å². The van der Waals surface area contributed by atoms with Gasteiger partial charge in [-0.05, 0) is 26.3 Å². The summed E-state index contributed by atoms with van der Waals surface area (Å²) in [5.41, 5.74) is 0. The molecule has 4 heteroatoms. The molecule has 1 atom stereocenters. The lowest BCUT2D eigenvalue weighted by Gasteiger charge is -2.29. The number of nitrogens with zero attached hydrogens (tertiary/aromatic N) is 1. The van der Waals surface area contributed by atoms with Crippen LogP contribution in [0.3, 0.4) is 0 Å². The van der Waals surface area contributed by atoms with E-state index in [0.717, 1.165) is 6.42 Å². The predicted molar refractivity (Wildman–Crippen MR) is 58.3 cm³/mol. The van der Waals surface area contributed by atoms with Crippen molar-refractivity contribution in [1.29, 1.82) is 0 Å². The standard InChI is InChI=1S/C11H20N2O2/c1-8-6-10(14)13(11(15)7-8)5-4-9(2)12-3/h8-9,12H,4-7H2,1-3H3. The third kappa shape index (κ3) is 3.30. The number of imide groups is 1. The molecule has 0 radical (unpaired) electrons. The van der Waals surface area contributed by atoms with E-state index in [-0.39, 0.29) is 17.7 Å². The van der Waals surface area contributed by atoms with Gasteiger partial charge in [-0.2, -0.15) is 0 Å². The molecule has 0 bridgehead atoms. The van der Waals surface area contributed by atoms with Gasteiger partial charge in [0.15, 0.2) is 0 Å². The van der Waals surface area contributed by atoms with Crippen LogP contribution in [0.5, 0.6) is 0 Å². The molecule has 0 aromatic rings. The summed E-state index contributed by atoms with van der Waals surface area (Å²) in [7, 11) is 1.88. The normalized spacial score (nSPS) is 20.9. The molecule has 1 aliphatic heterocycles. The Labute approximate surface area is 91.0 Å². The van der Waals surface area contributed by atoms with Gasteiger partial charge >= 0.3 is 0 Å². The van der Waals surface area contributed by atoms with Crippen LogP contribution in [0.4, 0.5) is 0 Å². The van der Waals surface area contributed by atoms with Crippen LogP contribution in [-0.4, -0.2) is 36.3 Å². The number of amides is 2. The third-order valence-corrected chi connectivity index (χ3v) is 2.93. The Morgan fingerprint density at radius 1 is 1.40 bits per heavy atom. The maximum absolute atomic E-state index is 11.6. The van der Waals surface area contributed by atoms with Crippen molar-refractivity contribution < 1.29 is 9.59 Å². The van der Waals surface area contributed by atoms with Crippen LogP contribution in [-0.2, 0) is 9.59 Å². The predicted octanol–water partition coefficient (Wildman–Crippen LogP) is 0.769. The number of rotatable bonds is 4. The van der Waals surface area contributed by atoms with Crippen molar-refractivity contribution >= 4 is 11.8 Å². The first kappa shape index (κ1) is 12.2. The van der Waals surface area contributed by atoms with Gasteiger partial charge in [0.05, 0.1) is 0 Å². The Morgan fingerprint density at radius 3 is 2.40 bits per heavy atom. The van der Waals surface area contributed by atoms with Crippen molar-refractivity contribution in [3.05, 3.63) is 0 Å². The molecule has 0 spiro atoms. The Kier molecular flexibility index (Phi) is 4.27. The summed E-state index contributed by atoms with van der Waals surface area (Å²) in [4.78, 5) is 24.6. The molecule has 86 valence electrons. The van der Waals surface area contributed by atoms with E-state index in [1.54, 1.807) is 0 Å². The largest absolute Gasteiger partial charge is 0.317 e. The van der Waals surface area contributed by atoms with Crippen molar-refractivity contribution in [3.63, 3.8) is 0 Å². The quantitative estimate of drug-likeness (QED) is 0.700. The van der Waals surface area contributed by atoms with Gasteiger partial charge in [0.1, 0.15) is 0 Å². The Bertz CT molecular complexity index is 235. The molecule has 0 aliphatic carbocycles. The van der Waals surface area contributed by atoms with Crippen LogP contribution < -0.4 is 5.32 Å². The van der Waals surface area contributed by atoms with E-state index >= 15 is 0 Å². The molecule has 1 N–H and O–H groups in total. The topological polar surface area (TPSA) is 49.4 Å². The lowest BCUT2D eigenvalue weighted by Crippen LogP contribution is -2.44. The van der Waals surface area contributed by atoms with E-state index in [9.17, 15) is 9.59 Å². The summed E-state index contributed by atoms with van der Waals surface area (Å²) in [5.74, 6) is 0.187. The summed E-state index contributed by atoms with van der Waals surface area (Å²) in [5, 5.41) is 3.09. The number of likely N-dealkylation sites (tertiary alicyclic amines) is 1. The molecular formula is C11H20N2O2. The monoisotopic (exact) mass is 212 g/mol. The van der Waals surface area contributed by atoms with Gasteiger partial charge in [-0.15, -0.1) is 0 Å². The number of piperidine rings is 1. The number of hydrogen-bond donors (Lipinski definition) is 1. The molecule has 0 aromatic carbocycles. The Morgan fingerprint density at radius 2 is 1.93 bits per heavy atom. The second-order valence-corrected chi connectivity index (χ2v) is 4.43. The zero-order valence-electron chi connectivity index (χ0n) is 9.75. The van der Waals surface area contributed by atoms with Gasteiger partial charge in [0.25, 0.3) is 0 Å². The SMILES string of the molecule is CNC(C)CCN1C(=O)CC(C)CC1=O. The zero-order chi connectivity index (χ0) is 11.4.